The van der Waals surface area contributed by atoms with E-state index >= 15 is 0 Å². The second kappa shape index (κ2) is 6.29. The summed E-state index contributed by atoms with van der Waals surface area (Å²) in [6, 6.07) is 12.3. The zero-order valence-electron chi connectivity index (χ0n) is 11.3. The topological polar surface area (TPSA) is 74.2 Å². The Labute approximate surface area is 126 Å². The number of aliphatic carboxylic acids is 1. The van der Waals surface area contributed by atoms with E-state index in [4.69, 9.17) is 21.1 Å². The zero-order chi connectivity index (χ0) is 15.4. The molecule has 0 atom stereocenters. The van der Waals surface area contributed by atoms with Crippen LogP contribution in [0.2, 0.25) is 5.02 Å². The van der Waals surface area contributed by atoms with Crippen molar-refractivity contribution < 1.29 is 14.3 Å². The Morgan fingerprint density at radius 1 is 1.38 bits per heavy atom. The van der Waals surface area contributed by atoms with Crippen LogP contribution < -0.4 is 0 Å². The lowest BCUT2D eigenvalue weighted by Crippen LogP contribution is -2.02. The monoisotopic (exact) mass is 301 g/mol. The van der Waals surface area contributed by atoms with E-state index in [0.29, 0.717) is 10.8 Å². The van der Waals surface area contributed by atoms with Gasteiger partial charge in [-0.25, -0.2) is 4.79 Å². The van der Waals surface area contributed by atoms with Crippen LogP contribution in [0.4, 0.5) is 0 Å². The molecule has 106 valence electrons. The molecule has 0 fully saturated rings. The first-order chi connectivity index (χ1) is 10.1. The van der Waals surface area contributed by atoms with Crippen molar-refractivity contribution in [2.75, 3.05) is 0 Å². The number of nitriles is 1. The summed E-state index contributed by atoms with van der Waals surface area (Å²) in [6.07, 6.45) is 0.241. The van der Waals surface area contributed by atoms with E-state index in [0.717, 1.165) is 5.56 Å². The van der Waals surface area contributed by atoms with Gasteiger partial charge in [0.25, 0.3) is 0 Å². The summed E-state index contributed by atoms with van der Waals surface area (Å²) in [7, 11) is 0. The minimum Gasteiger partial charge on any atom is -0.478 e. The van der Waals surface area contributed by atoms with Crippen LogP contribution in [0.1, 0.15) is 19.1 Å². The SMILES string of the molecule is CC/C(C(=O)O)=C(/C#N)c1ccc(-c2cccc(Cl)c2)o1. The Balaban J connectivity index is 2.49. The predicted molar refractivity (Wildman–Crippen MR) is 79.6 cm³/mol. The van der Waals surface area contributed by atoms with Gasteiger partial charge in [-0.05, 0) is 30.7 Å². The van der Waals surface area contributed by atoms with Crippen molar-refractivity contribution >= 4 is 23.1 Å². The quantitative estimate of drug-likeness (QED) is 0.672. The summed E-state index contributed by atoms with van der Waals surface area (Å²) in [6.45, 7) is 1.68. The molecule has 4 nitrogen and oxygen atoms in total. The first-order valence-corrected chi connectivity index (χ1v) is 6.67. The molecule has 0 saturated carbocycles. The molecule has 0 bridgehead atoms. The highest BCUT2D eigenvalue weighted by atomic mass is 35.5. The minimum absolute atomic E-state index is 0.0319. The van der Waals surface area contributed by atoms with Crippen LogP contribution in [0.5, 0.6) is 0 Å². The average molecular weight is 302 g/mol. The van der Waals surface area contributed by atoms with Crippen LogP contribution in [0.25, 0.3) is 16.9 Å². The fraction of sp³-hybridized carbons (Fsp3) is 0.125. The van der Waals surface area contributed by atoms with Crippen molar-refractivity contribution in [3.63, 3.8) is 0 Å². The van der Waals surface area contributed by atoms with E-state index in [-0.39, 0.29) is 23.3 Å². The summed E-state index contributed by atoms with van der Waals surface area (Å²) in [4.78, 5) is 11.2. The molecule has 0 aliphatic rings. The number of carbonyl (C=O) groups is 1. The second-order valence-electron chi connectivity index (χ2n) is 4.30. The maximum Gasteiger partial charge on any atom is 0.333 e. The first-order valence-electron chi connectivity index (χ1n) is 6.29. The number of halogens is 1. The molecule has 0 saturated heterocycles. The lowest BCUT2D eigenvalue weighted by atomic mass is 10.1. The molecule has 1 N–H and O–H groups in total. The van der Waals surface area contributed by atoms with Crippen LogP contribution in [0.15, 0.2) is 46.4 Å². The Kier molecular flexibility index (Phi) is 4.46. The van der Waals surface area contributed by atoms with Crippen LogP contribution >= 0.6 is 11.6 Å². The summed E-state index contributed by atoms with van der Waals surface area (Å²) in [5.74, 6) is -0.345. The first kappa shape index (κ1) is 14.9. The lowest BCUT2D eigenvalue weighted by molar-refractivity contribution is -0.132. The molecule has 5 heteroatoms. The summed E-state index contributed by atoms with van der Waals surface area (Å²) < 4.78 is 5.61. The van der Waals surface area contributed by atoms with E-state index in [1.165, 1.54) is 0 Å². The largest absolute Gasteiger partial charge is 0.478 e. The van der Waals surface area contributed by atoms with Gasteiger partial charge in [0.2, 0.25) is 0 Å². The van der Waals surface area contributed by atoms with Crippen LogP contribution in [-0.4, -0.2) is 11.1 Å². The average Bonchev–Trinajstić information content (AvgIpc) is 2.93. The molecule has 1 aromatic carbocycles. The van der Waals surface area contributed by atoms with Gasteiger partial charge in [0.05, 0.1) is 5.57 Å². The number of rotatable bonds is 4. The zero-order valence-corrected chi connectivity index (χ0v) is 12.0. The highest BCUT2D eigenvalue weighted by Crippen LogP contribution is 2.29. The van der Waals surface area contributed by atoms with Crippen molar-refractivity contribution in [3.05, 3.63) is 52.8 Å². The molecular weight excluding hydrogens is 290 g/mol. The molecular formula is C16H12ClNO3. The number of nitrogens with zero attached hydrogens (tertiary/aromatic N) is 1. The summed E-state index contributed by atoms with van der Waals surface area (Å²) in [5.41, 5.74) is 0.835. The third-order valence-electron chi connectivity index (χ3n) is 2.99. The predicted octanol–water partition coefficient (Wildman–Crippen LogP) is 4.37. The van der Waals surface area contributed by atoms with Crippen molar-refractivity contribution in [1.29, 1.82) is 5.26 Å². The number of hydrogen-bond donors (Lipinski definition) is 1. The van der Waals surface area contributed by atoms with Crippen molar-refractivity contribution in [2.45, 2.75) is 13.3 Å². The molecule has 0 radical (unpaired) electrons. The van der Waals surface area contributed by atoms with Gasteiger partial charge in [-0.1, -0.05) is 30.7 Å². The van der Waals surface area contributed by atoms with Gasteiger partial charge in [0.1, 0.15) is 23.2 Å². The van der Waals surface area contributed by atoms with Crippen LogP contribution in [0, 0.1) is 11.3 Å². The molecule has 2 aromatic rings. The Bertz CT molecular complexity index is 753. The Hall–Kier alpha value is -2.51. The van der Waals surface area contributed by atoms with Gasteiger partial charge in [-0.2, -0.15) is 5.26 Å². The standard InChI is InChI=1S/C16H12ClNO3/c1-2-12(16(19)20)13(9-18)15-7-6-14(21-15)10-4-3-5-11(17)8-10/h3-8H,2H2,1H3,(H,19,20)/b13-12+. The van der Waals surface area contributed by atoms with Crippen LogP contribution in [-0.2, 0) is 4.79 Å². The van der Waals surface area contributed by atoms with Gasteiger partial charge in [-0.3, -0.25) is 0 Å². The van der Waals surface area contributed by atoms with Crippen molar-refractivity contribution in [2.24, 2.45) is 0 Å². The molecule has 21 heavy (non-hydrogen) atoms. The third kappa shape index (κ3) is 3.15. The number of hydrogen-bond acceptors (Lipinski definition) is 3. The van der Waals surface area contributed by atoms with Gasteiger partial charge < -0.3 is 9.52 Å². The van der Waals surface area contributed by atoms with Gasteiger partial charge in [0.15, 0.2) is 0 Å². The smallest absolute Gasteiger partial charge is 0.333 e. The summed E-state index contributed by atoms with van der Waals surface area (Å²) >= 11 is 5.92. The van der Waals surface area contributed by atoms with E-state index in [1.54, 1.807) is 37.3 Å². The lowest BCUT2D eigenvalue weighted by Gasteiger charge is -2.01. The number of furan rings is 1. The molecule has 0 aliphatic heterocycles. The molecule has 0 unspecified atom stereocenters. The number of benzene rings is 1. The number of carboxylic acids is 1. The Morgan fingerprint density at radius 3 is 2.71 bits per heavy atom. The van der Waals surface area contributed by atoms with Gasteiger partial charge >= 0.3 is 5.97 Å². The van der Waals surface area contributed by atoms with E-state index in [1.807, 2.05) is 12.1 Å². The number of allylic oxidation sites excluding steroid dienone is 1. The third-order valence-corrected chi connectivity index (χ3v) is 3.22. The van der Waals surface area contributed by atoms with E-state index < -0.39 is 5.97 Å². The molecule has 1 aromatic heterocycles. The van der Waals surface area contributed by atoms with Crippen molar-refractivity contribution in [1.82, 2.24) is 0 Å². The highest BCUT2D eigenvalue weighted by Gasteiger charge is 2.17. The Morgan fingerprint density at radius 2 is 2.14 bits per heavy atom. The van der Waals surface area contributed by atoms with Gasteiger partial charge in [0, 0.05) is 10.6 Å². The summed E-state index contributed by atoms with van der Waals surface area (Å²) in [5, 5.41) is 18.9. The molecule has 0 amide bonds. The second-order valence-corrected chi connectivity index (χ2v) is 4.73. The number of carboxylic acid groups (broad SMARTS) is 1. The van der Waals surface area contributed by atoms with E-state index in [9.17, 15) is 10.1 Å². The fourth-order valence-electron chi connectivity index (χ4n) is 1.98. The van der Waals surface area contributed by atoms with Crippen molar-refractivity contribution in [3.8, 4) is 17.4 Å². The fourth-order valence-corrected chi connectivity index (χ4v) is 2.17. The molecule has 2 rings (SSSR count). The molecule has 0 aliphatic carbocycles. The van der Waals surface area contributed by atoms with Crippen LogP contribution in [0.3, 0.4) is 0 Å². The minimum atomic E-state index is -1.12. The van der Waals surface area contributed by atoms with Gasteiger partial charge in [-0.15, -0.1) is 0 Å². The van der Waals surface area contributed by atoms with E-state index in [2.05, 4.69) is 0 Å². The maximum absolute atomic E-state index is 11.2. The molecule has 1 heterocycles. The molecule has 0 spiro atoms. The maximum atomic E-state index is 11.2. The highest BCUT2D eigenvalue weighted by molar-refractivity contribution is 6.30. The normalized spacial score (nSPS) is 11.7.